The van der Waals surface area contributed by atoms with E-state index >= 15 is 0 Å². The maximum atomic E-state index is 12.7. The van der Waals surface area contributed by atoms with Gasteiger partial charge in [0, 0.05) is 26.0 Å². The number of nitrogens with one attached hydrogen (secondary N) is 1. The van der Waals surface area contributed by atoms with Crippen LogP contribution in [-0.2, 0) is 4.79 Å². The third kappa shape index (κ3) is 3.20. The first kappa shape index (κ1) is 15.0. The van der Waals surface area contributed by atoms with Crippen LogP contribution in [0, 0.1) is 11.8 Å². The number of hydrogen-bond acceptors (Lipinski definition) is 4. The fraction of sp³-hybridized carbons (Fsp3) is 0.400. The first-order valence-corrected chi connectivity index (χ1v) is 6.84. The predicted molar refractivity (Wildman–Crippen MR) is 78.3 cm³/mol. The van der Waals surface area contributed by atoms with Crippen LogP contribution in [0.2, 0.25) is 0 Å². The van der Waals surface area contributed by atoms with E-state index in [2.05, 4.69) is 22.1 Å². The number of carbonyl (C=O) groups is 2. The van der Waals surface area contributed by atoms with Crippen LogP contribution in [0.1, 0.15) is 28.8 Å². The number of pyridine rings is 1. The van der Waals surface area contributed by atoms with E-state index in [4.69, 9.17) is 5.73 Å². The summed E-state index contributed by atoms with van der Waals surface area (Å²) >= 11 is 0. The Balaban J connectivity index is 2.30. The van der Waals surface area contributed by atoms with E-state index in [9.17, 15) is 9.59 Å². The summed E-state index contributed by atoms with van der Waals surface area (Å²) in [5.74, 6) is 5.25. The molecule has 1 unspecified atom stereocenters. The first-order chi connectivity index (χ1) is 10.2. The van der Waals surface area contributed by atoms with Crippen LogP contribution in [0.3, 0.4) is 0 Å². The van der Waals surface area contributed by atoms with Gasteiger partial charge in [-0.15, -0.1) is 0 Å². The number of hydrogen-bond donors (Lipinski definition) is 2. The summed E-state index contributed by atoms with van der Waals surface area (Å²) in [7, 11) is 1.58. The standard InChI is InChI=1S/C15H18N4O2/c1-17-14(20)13-5-3-9-19(13)15(21)12-6-8-18-10-11(12)4-2-7-16/h6,8,10,13H,3,5,7,9,16H2,1H3,(H,17,20). The Morgan fingerprint density at radius 3 is 3.10 bits per heavy atom. The maximum Gasteiger partial charge on any atom is 0.255 e. The largest absolute Gasteiger partial charge is 0.357 e. The lowest BCUT2D eigenvalue weighted by Crippen LogP contribution is -2.45. The van der Waals surface area contributed by atoms with Crippen molar-refractivity contribution in [2.45, 2.75) is 18.9 Å². The average molecular weight is 286 g/mol. The number of nitrogens with two attached hydrogens (primary N) is 1. The van der Waals surface area contributed by atoms with Gasteiger partial charge in [-0.2, -0.15) is 0 Å². The molecule has 2 amide bonds. The molecule has 0 bridgehead atoms. The molecule has 0 spiro atoms. The topological polar surface area (TPSA) is 88.3 Å². The zero-order valence-electron chi connectivity index (χ0n) is 11.9. The van der Waals surface area contributed by atoms with E-state index < -0.39 is 6.04 Å². The zero-order valence-corrected chi connectivity index (χ0v) is 11.9. The van der Waals surface area contributed by atoms with Crippen molar-refractivity contribution < 1.29 is 9.59 Å². The van der Waals surface area contributed by atoms with Crippen molar-refractivity contribution >= 4 is 11.8 Å². The van der Waals surface area contributed by atoms with Gasteiger partial charge in [-0.3, -0.25) is 14.6 Å². The van der Waals surface area contributed by atoms with Gasteiger partial charge in [0.1, 0.15) is 6.04 Å². The average Bonchev–Trinajstić information content (AvgIpc) is 3.01. The van der Waals surface area contributed by atoms with E-state index in [1.165, 1.54) is 0 Å². The quantitative estimate of drug-likeness (QED) is 0.733. The number of likely N-dealkylation sites (N-methyl/N-ethyl adjacent to an activating group) is 1. The van der Waals surface area contributed by atoms with Crippen LogP contribution >= 0.6 is 0 Å². The highest BCUT2D eigenvalue weighted by molar-refractivity contribution is 5.99. The molecule has 1 aromatic rings. The fourth-order valence-corrected chi connectivity index (χ4v) is 2.43. The molecule has 1 saturated heterocycles. The first-order valence-electron chi connectivity index (χ1n) is 6.84. The molecule has 1 aromatic heterocycles. The van der Waals surface area contributed by atoms with E-state index in [1.807, 2.05) is 0 Å². The molecule has 0 aromatic carbocycles. The maximum absolute atomic E-state index is 12.7. The second-order valence-electron chi connectivity index (χ2n) is 4.70. The van der Waals surface area contributed by atoms with E-state index in [0.717, 1.165) is 6.42 Å². The van der Waals surface area contributed by atoms with Gasteiger partial charge in [0.15, 0.2) is 0 Å². The second kappa shape index (κ2) is 6.86. The van der Waals surface area contributed by atoms with Crippen molar-refractivity contribution in [3.63, 3.8) is 0 Å². The summed E-state index contributed by atoms with van der Waals surface area (Å²) in [6, 6.07) is 1.22. The number of nitrogens with zero attached hydrogens (tertiary/aromatic N) is 2. The van der Waals surface area contributed by atoms with E-state index in [1.54, 1.807) is 30.4 Å². The lowest BCUT2D eigenvalue weighted by Gasteiger charge is -2.23. The van der Waals surface area contributed by atoms with E-state index in [-0.39, 0.29) is 18.4 Å². The zero-order chi connectivity index (χ0) is 15.2. The van der Waals surface area contributed by atoms with Crippen molar-refractivity contribution in [2.75, 3.05) is 20.1 Å². The molecule has 6 heteroatoms. The normalized spacial score (nSPS) is 17.0. The monoisotopic (exact) mass is 286 g/mol. The minimum absolute atomic E-state index is 0.135. The Morgan fingerprint density at radius 1 is 1.57 bits per heavy atom. The Bertz CT molecular complexity index is 603. The lowest BCUT2D eigenvalue weighted by molar-refractivity contribution is -0.124. The molecule has 3 N–H and O–H groups in total. The van der Waals surface area contributed by atoms with Crippen molar-refractivity contribution in [2.24, 2.45) is 5.73 Å². The molecule has 110 valence electrons. The van der Waals surface area contributed by atoms with Crippen LogP contribution in [0.25, 0.3) is 0 Å². The Hall–Kier alpha value is -2.39. The molecule has 0 aliphatic carbocycles. The number of rotatable bonds is 2. The van der Waals surface area contributed by atoms with Gasteiger partial charge in [-0.25, -0.2) is 0 Å². The number of likely N-dealkylation sites (tertiary alicyclic amines) is 1. The smallest absolute Gasteiger partial charge is 0.255 e. The Morgan fingerprint density at radius 2 is 2.38 bits per heavy atom. The van der Waals surface area contributed by atoms with Crippen molar-refractivity contribution in [1.29, 1.82) is 0 Å². The third-order valence-electron chi connectivity index (χ3n) is 3.44. The third-order valence-corrected chi connectivity index (χ3v) is 3.44. The summed E-state index contributed by atoms with van der Waals surface area (Å²) in [5.41, 5.74) is 6.36. The molecule has 6 nitrogen and oxygen atoms in total. The highest BCUT2D eigenvalue weighted by Gasteiger charge is 2.34. The van der Waals surface area contributed by atoms with Crippen LogP contribution in [0.4, 0.5) is 0 Å². The molecule has 21 heavy (non-hydrogen) atoms. The summed E-state index contributed by atoms with van der Waals surface area (Å²) in [6.07, 6.45) is 4.59. The summed E-state index contributed by atoms with van der Waals surface area (Å²) in [4.78, 5) is 30.1. The minimum Gasteiger partial charge on any atom is -0.357 e. The number of aromatic nitrogens is 1. The van der Waals surface area contributed by atoms with Gasteiger partial charge in [0.25, 0.3) is 5.91 Å². The molecule has 0 saturated carbocycles. The Labute approximate surface area is 123 Å². The van der Waals surface area contributed by atoms with E-state index in [0.29, 0.717) is 24.1 Å². The molecule has 1 fully saturated rings. The van der Waals surface area contributed by atoms with Crippen molar-refractivity contribution in [3.05, 3.63) is 29.6 Å². The molecule has 2 heterocycles. The summed E-state index contributed by atoms with van der Waals surface area (Å²) < 4.78 is 0. The highest BCUT2D eigenvalue weighted by Crippen LogP contribution is 2.21. The van der Waals surface area contributed by atoms with Gasteiger partial charge >= 0.3 is 0 Å². The van der Waals surface area contributed by atoms with Gasteiger partial charge < -0.3 is 16.0 Å². The van der Waals surface area contributed by atoms with Gasteiger partial charge in [-0.1, -0.05) is 11.8 Å². The fourth-order valence-electron chi connectivity index (χ4n) is 2.43. The minimum atomic E-state index is -0.411. The van der Waals surface area contributed by atoms with Crippen molar-refractivity contribution in [1.82, 2.24) is 15.2 Å². The summed E-state index contributed by atoms with van der Waals surface area (Å²) in [6.45, 7) is 0.788. The van der Waals surface area contributed by atoms with Crippen LogP contribution in [0.15, 0.2) is 18.5 Å². The number of amides is 2. The predicted octanol–water partition coefficient (Wildman–Crippen LogP) is -0.258. The highest BCUT2D eigenvalue weighted by atomic mass is 16.2. The molecule has 1 aliphatic heterocycles. The molecule has 1 atom stereocenters. The van der Waals surface area contributed by atoms with Gasteiger partial charge in [-0.05, 0) is 18.9 Å². The molecule has 0 radical (unpaired) electrons. The SMILES string of the molecule is CNC(=O)C1CCCN1C(=O)c1ccncc1C#CCN. The van der Waals surface area contributed by atoms with Crippen molar-refractivity contribution in [3.8, 4) is 11.8 Å². The Kier molecular flexibility index (Phi) is 4.90. The van der Waals surface area contributed by atoms with Crippen LogP contribution in [-0.4, -0.2) is 47.9 Å². The number of carbonyl (C=O) groups excluding carboxylic acids is 2. The summed E-state index contributed by atoms with van der Waals surface area (Å²) in [5, 5.41) is 2.60. The van der Waals surface area contributed by atoms with Gasteiger partial charge in [0.2, 0.25) is 5.91 Å². The molecular weight excluding hydrogens is 268 g/mol. The van der Waals surface area contributed by atoms with Crippen LogP contribution in [0.5, 0.6) is 0 Å². The van der Waals surface area contributed by atoms with Gasteiger partial charge in [0.05, 0.1) is 17.7 Å². The molecule has 1 aliphatic rings. The molecule has 2 rings (SSSR count). The lowest BCUT2D eigenvalue weighted by atomic mass is 10.1. The molecular formula is C15H18N4O2. The second-order valence-corrected chi connectivity index (χ2v) is 4.70. The van der Waals surface area contributed by atoms with Crippen LogP contribution < -0.4 is 11.1 Å².